The summed E-state index contributed by atoms with van der Waals surface area (Å²) in [6.07, 6.45) is 5.15. The summed E-state index contributed by atoms with van der Waals surface area (Å²) in [6, 6.07) is 4.86. The van der Waals surface area contributed by atoms with Gasteiger partial charge in [-0.2, -0.15) is 0 Å². The van der Waals surface area contributed by atoms with Crippen molar-refractivity contribution < 1.29 is 4.92 Å². The zero-order valence-corrected chi connectivity index (χ0v) is 9.36. The van der Waals surface area contributed by atoms with Gasteiger partial charge in [-0.15, -0.1) is 6.42 Å². The Labute approximate surface area is 94.8 Å². The number of non-ortho nitro benzene ring substituents is 1. The van der Waals surface area contributed by atoms with Gasteiger partial charge in [0.15, 0.2) is 0 Å². The number of nitro groups is 1. The predicted molar refractivity (Wildman–Crippen MR) is 63.1 cm³/mol. The minimum absolute atomic E-state index is 0.0101. The van der Waals surface area contributed by atoms with Gasteiger partial charge >= 0.3 is 0 Å². The molecule has 1 aromatic rings. The highest BCUT2D eigenvalue weighted by molar-refractivity contribution is 5.40. The Kier molecular flexibility index (Phi) is 4.03. The van der Waals surface area contributed by atoms with Crippen molar-refractivity contribution in [2.24, 2.45) is 0 Å². The topological polar surface area (TPSA) is 55.2 Å². The van der Waals surface area contributed by atoms with Crippen molar-refractivity contribution in [1.82, 2.24) is 5.32 Å². The van der Waals surface area contributed by atoms with E-state index in [2.05, 4.69) is 11.2 Å². The number of nitro benzene ring substituents is 1. The molecule has 0 bridgehead atoms. The molecule has 16 heavy (non-hydrogen) atoms. The van der Waals surface area contributed by atoms with E-state index in [1.807, 2.05) is 13.8 Å². The molecular weight excluding hydrogens is 204 g/mol. The molecule has 0 aliphatic carbocycles. The zero-order valence-electron chi connectivity index (χ0n) is 9.36. The van der Waals surface area contributed by atoms with Crippen LogP contribution < -0.4 is 5.32 Å². The Morgan fingerprint density at radius 3 is 2.88 bits per heavy atom. The Morgan fingerprint density at radius 2 is 2.31 bits per heavy atom. The molecule has 4 nitrogen and oxygen atoms in total. The predicted octanol–water partition coefficient (Wildman–Crippen LogP) is 2.19. The molecule has 84 valence electrons. The van der Waals surface area contributed by atoms with E-state index in [9.17, 15) is 10.1 Å². The van der Waals surface area contributed by atoms with E-state index >= 15 is 0 Å². The van der Waals surface area contributed by atoms with E-state index in [1.54, 1.807) is 12.1 Å². The van der Waals surface area contributed by atoms with Crippen molar-refractivity contribution in [3.63, 3.8) is 0 Å². The number of nitrogens with one attached hydrogen (secondary N) is 1. The van der Waals surface area contributed by atoms with Gasteiger partial charge in [0, 0.05) is 18.2 Å². The van der Waals surface area contributed by atoms with Gasteiger partial charge in [-0.1, -0.05) is 12.0 Å². The number of benzene rings is 1. The molecule has 1 N–H and O–H groups in total. The highest BCUT2D eigenvalue weighted by atomic mass is 16.6. The molecule has 0 heterocycles. The molecule has 0 spiro atoms. The van der Waals surface area contributed by atoms with Crippen molar-refractivity contribution >= 4 is 5.69 Å². The number of hydrogen-bond donors (Lipinski definition) is 1. The maximum Gasteiger partial charge on any atom is 0.269 e. The van der Waals surface area contributed by atoms with E-state index in [-0.39, 0.29) is 11.7 Å². The second-order valence-corrected chi connectivity index (χ2v) is 3.60. The van der Waals surface area contributed by atoms with Crippen molar-refractivity contribution in [2.45, 2.75) is 19.9 Å². The molecule has 0 saturated heterocycles. The number of terminal acetylenes is 1. The van der Waals surface area contributed by atoms with Crippen LogP contribution in [0, 0.1) is 29.4 Å². The summed E-state index contributed by atoms with van der Waals surface area (Å²) < 4.78 is 0. The molecule has 0 saturated carbocycles. The molecule has 0 aromatic heterocycles. The summed E-state index contributed by atoms with van der Waals surface area (Å²) in [5.41, 5.74) is 2.03. The minimum atomic E-state index is -0.392. The van der Waals surface area contributed by atoms with Crippen LogP contribution in [0.3, 0.4) is 0 Å². The van der Waals surface area contributed by atoms with Crippen molar-refractivity contribution in [1.29, 1.82) is 0 Å². The smallest absolute Gasteiger partial charge is 0.269 e. The largest absolute Gasteiger partial charge is 0.300 e. The lowest BCUT2D eigenvalue weighted by molar-refractivity contribution is -0.384. The summed E-state index contributed by atoms with van der Waals surface area (Å²) in [7, 11) is 0. The first kappa shape index (κ1) is 12.2. The van der Waals surface area contributed by atoms with Gasteiger partial charge in [0.1, 0.15) is 0 Å². The lowest BCUT2D eigenvalue weighted by atomic mass is 10.0. The first-order valence-corrected chi connectivity index (χ1v) is 4.98. The van der Waals surface area contributed by atoms with E-state index in [1.165, 1.54) is 6.07 Å². The molecule has 0 aliphatic heterocycles. The molecule has 1 unspecified atom stereocenters. The monoisotopic (exact) mass is 218 g/mol. The first-order valence-electron chi connectivity index (χ1n) is 4.98. The quantitative estimate of drug-likeness (QED) is 0.479. The van der Waals surface area contributed by atoms with Gasteiger partial charge in [-0.3, -0.25) is 15.4 Å². The fourth-order valence-corrected chi connectivity index (χ4v) is 1.53. The Balaban J connectivity index is 2.98. The second-order valence-electron chi connectivity index (χ2n) is 3.60. The van der Waals surface area contributed by atoms with Crippen LogP contribution >= 0.6 is 0 Å². The van der Waals surface area contributed by atoms with Gasteiger partial charge in [0.05, 0.1) is 11.5 Å². The molecule has 0 amide bonds. The molecule has 4 heteroatoms. The second kappa shape index (κ2) is 5.29. The summed E-state index contributed by atoms with van der Waals surface area (Å²) in [5.74, 6) is 2.48. The zero-order chi connectivity index (χ0) is 12.1. The third-order valence-electron chi connectivity index (χ3n) is 2.45. The molecule has 0 fully saturated rings. The van der Waals surface area contributed by atoms with Crippen LogP contribution in [0.4, 0.5) is 5.69 Å². The van der Waals surface area contributed by atoms with Crippen LogP contribution in [0.25, 0.3) is 0 Å². The van der Waals surface area contributed by atoms with E-state index in [0.717, 1.165) is 11.1 Å². The SMILES string of the molecule is C#CCNC(C)c1cc([N+](=O)[O-])ccc1C. The number of rotatable bonds is 4. The maximum absolute atomic E-state index is 10.7. The van der Waals surface area contributed by atoms with Crippen LogP contribution in [0.2, 0.25) is 0 Å². The van der Waals surface area contributed by atoms with Crippen LogP contribution in [0.15, 0.2) is 18.2 Å². The van der Waals surface area contributed by atoms with Gasteiger partial charge in [-0.25, -0.2) is 0 Å². The summed E-state index contributed by atoms with van der Waals surface area (Å²) in [5, 5.41) is 13.8. The molecule has 0 aliphatic rings. The standard InChI is InChI=1S/C12H14N2O2/c1-4-7-13-10(3)12-8-11(14(15)16)6-5-9(12)2/h1,5-6,8,10,13H,7H2,2-3H3. The summed E-state index contributed by atoms with van der Waals surface area (Å²) >= 11 is 0. The highest BCUT2D eigenvalue weighted by Crippen LogP contribution is 2.22. The van der Waals surface area contributed by atoms with Gasteiger partial charge in [0.2, 0.25) is 0 Å². The van der Waals surface area contributed by atoms with E-state index < -0.39 is 4.92 Å². The molecular formula is C12H14N2O2. The number of hydrogen-bond acceptors (Lipinski definition) is 3. The van der Waals surface area contributed by atoms with Gasteiger partial charge in [0.25, 0.3) is 5.69 Å². The van der Waals surface area contributed by atoms with Crippen LogP contribution in [-0.4, -0.2) is 11.5 Å². The van der Waals surface area contributed by atoms with Crippen LogP contribution in [0.5, 0.6) is 0 Å². The third-order valence-corrected chi connectivity index (χ3v) is 2.45. The van der Waals surface area contributed by atoms with Crippen molar-refractivity contribution in [3.05, 3.63) is 39.4 Å². The van der Waals surface area contributed by atoms with Gasteiger partial charge in [-0.05, 0) is 25.0 Å². The van der Waals surface area contributed by atoms with Gasteiger partial charge < -0.3 is 0 Å². The minimum Gasteiger partial charge on any atom is -0.300 e. The summed E-state index contributed by atoms with van der Waals surface area (Å²) in [6.45, 7) is 4.31. The normalized spacial score (nSPS) is 11.8. The summed E-state index contributed by atoms with van der Waals surface area (Å²) in [4.78, 5) is 10.3. The lowest BCUT2D eigenvalue weighted by Gasteiger charge is -2.14. The van der Waals surface area contributed by atoms with Crippen LogP contribution in [-0.2, 0) is 0 Å². The fourth-order valence-electron chi connectivity index (χ4n) is 1.53. The van der Waals surface area contributed by atoms with E-state index in [4.69, 9.17) is 6.42 Å². The van der Waals surface area contributed by atoms with Crippen molar-refractivity contribution in [2.75, 3.05) is 6.54 Å². The van der Waals surface area contributed by atoms with Crippen LogP contribution in [0.1, 0.15) is 24.1 Å². The number of nitrogens with zero attached hydrogens (tertiary/aromatic N) is 1. The highest BCUT2D eigenvalue weighted by Gasteiger charge is 2.12. The molecule has 1 rings (SSSR count). The Hall–Kier alpha value is -1.86. The average Bonchev–Trinajstić information content (AvgIpc) is 2.26. The Bertz CT molecular complexity index is 435. The molecule has 0 radical (unpaired) electrons. The maximum atomic E-state index is 10.7. The number of aryl methyl sites for hydroxylation is 1. The van der Waals surface area contributed by atoms with E-state index in [0.29, 0.717) is 6.54 Å². The lowest BCUT2D eigenvalue weighted by Crippen LogP contribution is -2.19. The molecule has 1 atom stereocenters. The fraction of sp³-hybridized carbons (Fsp3) is 0.333. The Morgan fingerprint density at radius 1 is 1.62 bits per heavy atom. The molecule has 1 aromatic carbocycles. The third kappa shape index (κ3) is 2.81. The first-order chi connectivity index (χ1) is 7.56. The van der Waals surface area contributed by atoms with Crippen molar-refractivity contribution in [3.8, 4) is 12.3 Å². The average molecular weight is 218 g/mol.